The number of nitrogens with one attached hydrogen (secondary N) is 1. The predicted octanol–water partition coefficient (Wildman–Crippen LogP) is 4.13. The van der Waals surface area contributed by atoms with Crippen molar-refractivity contribution in [3.05, 3.63) is 23.3 Å². The van der Waals surface area contributed by atoms with Crippen LogP contribution >= 0.6 is 55.5 Å². The number of nitrogens with zero attached hydrogens (tertiary/aromatic N) is 20. The average molecular weight is 1140 g/mol. The number of likely N-dealkylation sites (tertiary alicyclic amines) is 4. The number of alkyl halides is 1. The Kier molecular flexibility index (Phi) is 46.6. The second-order valence-corrected chi connectivity index (χ2v) is 19.0. The molecule has 9 rings (SSSR count). The van der Waals surface area contributed by atoms with Crippen LogP contribution in [0, 0.1) is 27.7 Å². The number of tetrazole rings is 4. The zero-order valence-corrected chi connectivity index (χ0v) is 51.5. The van der Waals surface area contributed by atoms with Gasteiger partial charge in [0.25, 0.3) is 0 Å². The Balaban J connectivity index is -0.000000376. The highest BCUT2D eigenvalue weighted by molar-refractivity contribution is 9.09. The van der Waals surface area contributed by atoms with Gasteiger partial charge in [0.2, 0.25) is 7.41 Å². The Hall–Kier alpha value is -1.63. The number of aryl methyl sites for hydroxylation is 4. The molecule has 0 aliphatic carbocycles. The first-order valence-corrected chi connectivity index (χ1v) is 24.4. The third kappa shape index (κ3) is 32.4. The van der Waals surface area contributed by atoms with Gasteiger partial charge in [-0.2, -0.15) is 59.2 Å². The van der Waals surface area contributed by atoms with Gasteiger partial charge in [-0.3, -0.25) is 0 Å². The molecular formula is C42H100B2BrN21OP4. The number of halogens is 1. The number of likely N-dealkylation sites (N-methyl/N-ethyl adjacent to an activating group) is 3. The number of aliphatic hydroxyl groups excluding tert-OH is 1. The van der Waals surface area contributed by atoms with Crippen molar-refractivity contribution in [2.24, 2.45) is 0 Å². The van der Waals surface area contributed by atoms with Gasteiger partial charge in [-0.05, 0) is 168 Å². The molecule has 4 aromatic rings. The molecule has 5 aliphatic heterocycles. The van der Waals surface area contributed by atoms with Crippen molar-refractivity contribution in [3.8, 4) is 0 Å². The Morgan fingerprint density at radius 1 is 0.507 bits per heavy atom. The van der Waals surface area contributed by atoms with E-state index in [0.717, 1.165) is 80.8 Å². The fourth-order valence-electron chi connectivity index (χ4n) is 7.88. The Labute approximate surface area is 452 Å². The van der Waals surface area contributed by atoms with E-state index in [1.165, 1.54) is 71.1 Å². The summed E-state index contributed by atoms with van der Waals surface area (Å²) in [6, 6.07) is 1.22. The van der Waals surface area contributed by atoms with Crippen molar-refractivity contribution in [1.29, 1.82) is 0 Å². The fourth-order valence-corrected chi connectivity index (χ4v) is 8.69. The lowest BCUT2D eigenvalue weighted by molar-refractivity contribution is 0.0846. The monoisotopic (exact) mass is 1140 g/mol. The van der Waals surface area contributed by atoms with Gasteiger partial charge in [-0.1, -0.05) is 56.5 Å². The fraction of sp³-hybridized carbons (Fsp3) is 0.905. The second-order valence-electron chi connectivity index (χ2n) is 17.7. The summed E-state index contributed by atoms with van der Waals surface area (Å²) in [6.45, 7) is 24.6. The van der Waals surface area contributed by atoms with E-state index in [1.54, 1.807) is 21.3 Å². The van der Waals surface area contributed by atoms with E-state index in [1.807, 2.05) is 48.7 Å². The summed E-state index contributed by atoms with van der Waals surface area (Å²) in [7, 11) is 12.6. The molecule has 5 aliphatic rings. The molecule has 5 fully saturated rings. The van der Waals surface area contributed by atoms with Crippen LogP contribution in [-0.4, -0.2) is 230 Å². The SMILES string of the molecule is C.C.CN1CCCC(Br)C1.CN1CCCC(O)C1.C[B]C.C[B]N1CCCC(n2nnc(C)n2)C1.Cc1nn[nH]n1.Cc1nnn(C2CCCN(C)C2)n1.Cc1nnn(C2CCCN(C)C2)n1.P.P.P.P. The number of H-pyrrole nitrogens is 1. The summed E-state index contributed by atoms with van der Waals surface area (Å²) in [5, 5.41) is 58.2. The Bertz CT molecular complexity index is 1700. The van der Waals surface area contributed by atoms with Crippen molar-refractivity contribution >= 4 is 70.2 Å². The normalized spacial score (nSPS) is 22.2. The van der Waals surface area contributed by atoms with Crippen LogP contribution in [-0.2, 0) is 0 Å². The standard InChI is InChI=1S/C8H15BN5.2C8H15N5.C6H12BrN.C6H13NO.C2H6B.C2H4N4.2CH4.4H3P/c1-7-10-12-14(11-7)8-4-3-5-13(6-8)9-2;2*1-7-9-11-13(10-7)8-4-3-5-12(2)6-8;1-8-4-2-3-6(7)5-8;1-7-4-2-3-6(8)5-7;1-3-2;1-2-3-5-6-4-2;;;;;;/h8H,3-6H2,1-2H3;2*8H,3-6H2,1-2H3;6H,2-5H2,1H3;6,8H,2-5H2,1H3;1-2H3;1H3,(H,3,4,5,6);2*1H4;4*1H3. The maximum atomic E-state index is 9.04. The zero-order chi connectivity index (χ0) is 47.6. The minimum atomic E-state index is -0.0613. The van der Waals surface area contributed by atoms with Crippen LogP contribution in [0.25, 0.3) is 0 Å². The molecule has 9 heterocycles. The number of aromatic amines is 1. The summed E-state index contributed by atoms with van der Waals surface area (Å²) in [4.78, 5) is 17.5. The highest BCUT2D eigenvalue weighted by Crippen LogP contribution is 2.20. The summed E-state index contributed by atoms with van der Waals surface area (Å²) >= 11 is 3.59. The van der Waals surface area contributed by atoms with E-state index < -0.39 is 0 Å². The molecule has 0 spiro atoms. The van der Waals surface area contributed by atoms with E-state index in [2.05, 4.69) is 143 Å². The van der Waals surface area contributed by atoms with Crippen molar-refractivity contribution in [2.75, 3.05) is 93.6 Å². The first-order chi connectivity index (χ1) is 31.2. The highest BCUT2D eigenvalue weighted by atomic mass is 79.9. The average Bonchev–Trinajstić information content (AvgIpc) is 4.13. The van der Waals surface area contributed by atoms with Crippen molar-refractivity contribution in [2.45, 2.75) is 156 Å². The number of rotatable bonds is 4. The third-order valence-corrected chi connectivity index (χ3v) is 11.9. The molecule has 9 atom stereocenters. The molecule has 412 valence electrons. The summed E-state index contributed by atoms with van der Waals surface area (Å²) in [5.74, 6) is 2.94. The predicted molar refractivity (Wildman–Crippen MR) is 317 cm³/mol. The number of hydrogen-bond acceptors (Lipinski definition) is 18. The van der Waals surface area contributed by atoms with Gasteiger partial charge in [0.05, 0.1) is 24.2 Å². The molecule has 29 heteroatoms. The largest absolute Gasteiger partial charge is 0.392 e. The first-order valence-electron chi connectivity index (χ1n) is 23.5. The quantitative estimate of drug-likeness (QED) is 0.167. The third-order valence-electron chi connectivity index (χ3n) is 11.2. The van der Waals surface area contributed by atoms with Crippen LogP contribution in [0.5, 0.6) is 0 Å². The molecule has 22 nitrogen and oxygen atoms in total. The minimum Gasteiger partial charge on any atom is -0.392 e. The number of β-amino-alcohol motifs (C(OH)–C–C–N with tert-alkyl or cyclic N) is 1. The minimum absolute atomic E-state index is 0. The van der Waals surface area contributed by atoms with E-state index in [-0.39, 0.29) is 60.6 Å². The number of aromatic nitrogens is 16. The number of piperidine rings is 5. The van der Waals surface area contributed by atoms with Gasteiger partial charge in [0.15, 0.2) is 23.3 Å². The molecule has 5 saturated heterocycles. The summed E-state index contributed by atoms with van der Waals surface area (Å²) < 4.78 is 0. The molecule has 71 heavy (non-hydrogen) atoms. The molecule has 0 bridgehead atoms. The lowest BCUT2D eigenvalue weighted by Crippen LogP contribution is -2.38. The van der Waals surface area contributed by atoms with Crippen LogP contribution < -0.4 is 0 Å². The number of hydrogen-bond donors (Lipinski definition) is 2. The smallest absolute Gasteiger partial charge is 0.205 e. The van der Waals surface area contributed by atoms with Crippen molar-refractivity contribution in [3.63, 3.8) is 0 Å². The van der Waals surface area contributed by atoms with E-state index in [4.69, 9.17) is 5.11 Å². The van der Waals surface area contributed by atoms with Crippen LogP contribution in [0.2, 0.25) is 20.5 Å². The molecule has 4 aromatic heterocycles. The second kappa shape index (κ2) is 43.6. The molecular weight excluding hydrogens is 1040 g/mol. The molecule has 0 saturated carbocycles. The van der Waals surface area contributed by atoms with Gasteiger partial charge in [-0.25, -0.2) is 0 Å². The van der Waals surface area contributed by atoms with Crippen molar-refractivity contribution < 1.29 is 5.11 Å². The van der Waals surface area contributed by atoms with Crippen LogP contribution in [0.15, 0.2) is 0 Å². The Morgan fingerprint density at radius 3 is 1.13 bits per heavy atom. The van der Waals surface area contributed by atoms with Gasteiger partial charge in [0.1, 0.15) is 7.28 Å². The summed E-state index contributed by atoms with van der Waals surface area (Å²) in [6.07, 6.45) is 11.9. The van der Waals surface area contributed by atoms with Crippen LogP contribution in [0.4, 0.5) is 0 Å². The molecule has 2 radical (unpaired) electrons. The molecule has 2 N–H and O–H groups in total. The summed E-state index contributed by atoms with van der Waals surface area (Å²) in [5.41, 5.74) is 0. The van der Waals surface area contributed by atoms with E-state index in [0.29, 0.717) is 23.9 Å². The number of aliphatic hydroxyl groups is 1. The molecule has 0 aromatic carbocycles. The van der Waals surface area contributed by atoms with E-state index >= 15 is 0 Å². The van der Waals surface area contributed by atoms with Crippen molar-refractivity contribution in [1.82, 2.24) is 106 Å². The topological polar surface area (TPSA) is 222 Å². The lowest BCUT2D eigenvalue weighted by atomic mass is 9.88. The molecule has 0 amide bonds. The van der Waals surface area contributed by atoms with Crippen LogP contribution in [0.3, 0.4) is 0 Å². The lowest BCUT2D eigenvalue weighted by Gasteiger charge is -2.30. The zero-order valence-electron chi connectivity index (χ0n) is 44.3. The van der Waals surface area contributed by atoms with Gasteiger partial charge in [0, 0.05) is 37.6 Å². The van der Waals surface area contributed by atoms with Gasteiger partial charge < -0.3 is 29.5 Å². The maximum Gasteiger partial charge on any atom is 0.205 e. The Morgan fingerprint density at radius 2 is 0.873 bits per heavy atom. The highest BCUT2D eigenvalue weighted by Gasteiger charge is 2.23. The first kappa shape index (κ1) is 75.9. The van der Waals surface area contributed by atoms with E-state index in [9.17, 15) is 0 Å². The van der Waals surface area contributed by atoms with Gasteiger partial charge in [-0.15, -0.1) is 40.8 Å². The molecule has 9 unspecified atom stereocenters. The van der Waals surface area contributed by atoms with Gasteiger partial charge >= 0.3 is 0 Å². The van der Waals surface area contributed by atoms with Crippen LogP contribution in [0.1, 0.15) is 120 Å². The maximum absolute atomic E-state index is 9.04.